The smallest absolute Gasteiger partial charge is 0.343 e. The van der Waals surface area contributed by atoms with E-state index >= 15 is 4.39 Å². The molecule has 7 rings (SSSR count). The Balaban J connectivity index is 1.35. The number of carbonyl (C=O) groups is 2. The number of nitriles is 1. The fourth-order valence-electron chi connectivity index (χ4n) is 7.63. The monoisotopic (exact) mass is 709 g/mol. The number of esters is 2. The Kier molecular flexibility index (Phi) is 9.05. The van der Waals surface area contributed by atoms with E-state index in [0.29, 0.717) is 50.3 Å². The maximum Gasteiger partial charge on any atom is 0.343 e. The quantitative estimate of drug-likeness (QED) is 0.150. The molecule has 14 nitrogen and oxygen atoms in total. The summed E-state index contributed by atoms with van der Waals surface area (Å²) in [6, 6.07) is 4.41. The number of hydrogen-bond donors (Lipinski definition) is 3. The number of ether oxygens (including phenoxy) is 2. The van der Waals surface area contributed by atoms with Gasteiger partial charge in [-0.25, -0.2) is 19.2 Å². The molecular weight excluding hydrogens is 669 g/mol. The van der Waals surface area contributed by atoms with Crippen LogP contribution in [0.25, 0.3) is 44.1 Å². The summed E-state index contributed by atoms with van der Waals surface area (Å²) < 4.78 is 27.5. The van der Waals surface area contributed by atoms with Gasteiger partial charge in [-0.05, 0) is 31.4 Å². The lowest BCUT2D eigenvalue weighted by atomic mass is 9.98. The minimum absolute atomic E-state index is 0.0917. The number of likely N-dealkylation sites (N-methyl/N-ethyl adjacent to an activating group) is 1. The fraction of sp³-hybridized carbons (Fsp3) is 0.405. The SMILES string of the molecule is CNc1cc(F)c(C#N)c2c1[nH]c1ncc(-c3cnc4c(c3)c(=O)c(C(=O)OCCOC(=O)C(N)C(C)C)cn4C)c(N3CC[C@H]4CN(C)C[C@H]43)c12. The second-order valence-electron chi connectivity index (χ2n) is 13.9. The Morgan fingerprint density at radius 1 is 1.15 bits per heavy atom. The Hall–Kier alpha value is -5.59. The van der Waals surface area contributed by atoms with E-state index in [2.05, 4.69) is 38.2 Å². The molecule has 15 heteroatoms. The molecule has 4 aromatic heterocycles. The minimum Gasteiger partial charge on any atom is -0.461 e. The van der Waals surface area contributed by atoms with Gasteiger partial charge in [0.1, 0.15) is 48.0 Å². The first-order valence-corrected chi connectivity index (χ1v) is 17.2. The summed E-state index contributed by atoms with van der Waals surface area (Å²) in [5, 5.41) is 14.4. The topological polar surface area (TPSA) is 184 Å². The van der Waals surface area contributed by atoms with Gasteiger partial charge in [-0.1, -0.05) is 13.8 Å². The van der Waals surface area contributed by atoms with Crippen molar-refractivity contribution >= 4 is 56.3 Å². The molecule has 52 heavy (non-hydrogen) atoms. The number of aryl methyl sites for hydroxylation is 1. The molecular formula is C37H40FN9O5. The van der Waals surface area contributed by atoms with E-state index < -0.39 is 29.2 Å². The lowest BCUT2D eigenvalue weighted by Crippen LogP contribution is -2.37. The van der Waals surface area contributed by atoms with Crippen LogP contribution in [-0.4, -0.2) is 95.4 Å². The summed E-state index contributed by atoms with van der Waals surface area (Å²) in [6.45, 7) is 5.61. The zero-order valence-electron chi connectivity index (χ0n) is 29.6. The van der Waals surface area contributed by atoms with Gasteiger partial charge < -0.3 is 39.9 Å². The fourth-order valence-corrected chi connectivity index (χ4v) is 7.63. The van der Waals surface area contributed by atoms with E-state index in [9.17, 15) is 19.6 Å². The van der Waals surface area contributed by atoms with E-state index in [4.69, 9.17) is 20.2 Å². The molecule has 5 aromatic rings. The highest BCUT2D eigenvalue weighted by Gasteiger charge is 2.42. The van der Waals surface area contributed by atoms with Crippen LogP contribution < -0.4 is 21.4 Å². The Morgan fingerprint density at radius 3 is 2.65 bits per heavy atom. The standard InChI is InChI=1S/C37H40FN9O5/c1-18(2)30(40)37(50)52-9-8-51-36(49)24-16-46(5)35-21(33(24)48)10-20(13-43-35)23-14-42-34-29(32(23)47-7-6-19-15-45(4)17-27(19)47)28-22(12-39)25(38)11-26(41-3)31(28)44-34/h10-11,13-14,16,18-19,27,30,41H,6-9,15,17,40H2,1-5H3,(H,42,44)/t19-,27+,30?/m0/s1. The number of nitrogens with two attached hydrogens (primary N) is 1. The zero-order chi connectivity index (χ0) is 37.0. The third kappa shape index (κ3) is 5.77. The van der Waals surface area contributed by atoms with E-state index in [0.717, 1.165) is 31.7 Å². The van der Waals surface area contributed by atoms with E-state index in [1.807, 2.05) is 0 Å². The van der Waals surface area contributed by atoms with E-state index in [1.165, 1.54) is 12.3 Å². The molecule has 2 aliphatic heterocycles. The third-order valence-electron chi connectivity index (χ3n) is 10.3. The van der Waals surface area contributed by atoms with Crippen LogP contribution in [0.5, 0.6) is 0 Å². The van der Waals surface area contributed by atoms with Crippen LogP contribution in [0, 0.1) is 29.0 Å². The number of pyridine rings is 3. The number of carbonyl (C=O) groups excluding carboxylic acids is 2. The van der Waals surface area contributed by atoms with Crippen molar-refractivity contribution in [3.8, 4) is 17.2 Å². The van der Waals surface area contributed by atoms with Gasteiger partial charge in [0.15, 0.2) is 0 Å². The molecule has 4 N–H and O–H groups in total. The highest BCUT2D eigenvalue weighted by atomic mass is 19.1. The van der Waals surface area contributed by atoms with Crippen LogP contribution in [0.4, 0.5) is 15.8 Å². The lowest BCUT2D eigenvalue weighted by molar-refractivity contribution is -0.147. The molecule has 2 aliphatic rings. The molecule has 6 heterocycles. The number of H-pyrrole nitrogens is 1. The van der Waals surface area contributed by atoms with Gasteiger partial charge in [0.2, 0.25) is 5.43 Å². The second-order valence-corrected chi connectivity index (χ2v) is 13.9. The van der Waals surface area contributed by atoms with Crippen molar-refractivity contribution in [1.82, 2.24) is 24.4 Å². The van der Waals surface area contributed by atoms with Crippen molar-refractivity contribution in [2.24, 2.45) is 24.6 Å². The maximum atomic E-state index is 15.5. The average Bonchev–Trinajstić information content (AvgIpc) is 3.82. The summed E-state index contributed by atoms with van der Waals surface area (Å²) in [5.74, 6) is -1.83. The third-order valence-corrected chi connectivity index (χ3v) is 10.3. The summed E-state index contributed by atoms with van der Waals surface area (Å²) in [5.41, 5.74) is 8.79. The first kappa shape index (κ1) is 34.8. The molecule has 3 atom stereocenters. The predicted octanol–water partition coefficient (Wildman–Crippen LogP) is 3.51. The Bertz CT molecular complexity index is 2360. The van der Waals surface area contributed by atoms with Crippen LogP contribution in [0.2, 0.25) is 0 Å². The summed E-state index contributed by atoms with van der Waals surface area (Å²) in [4.78, 5) is 56.5. The Labute approximate surface area is 298 Å². The van der Waals surface area contributed by atoms with Crippen molar-refractivity contribution < 1.29 is 23.5 Å². The molecule has 0 spiro atoms. The summed E-state index contributed by atoms with van der Waals surface area (Å²) in [7, 11) is 5.45. The van der Waals surface area contributed by atoms with Crippen molar-refractivity contribution in [1.29, 1.82) is 5.26 Å². The molecule has 2 fully saturated rings. The number of fused-ring (bicyclic) bond motifs is 5. The van der Waals surface area contributed by atoms with Gasteiger partial charge in [0.05, 0.1) is 33.2 Å². The van der Waals surface area contributed by atoms with E-state index in [1.54, 1.807) is 51.0 Å². The van der Waals surface area contributed by atoms with Crippen molar-refractivity contribution in [3.05, 3.63) is 57.9 Å². The van der Waals surface area contributed by atoms with E-state index in [-0.39, 0.29) is 41.7 Å². The molecule has 0 radical (unpaired) electrons. The highest BCUT2D eigenvalue weighted by Crippen LogP contribution is 2.47. The molecule has 1 unspecified atom stereocenters. The molecule has 0 bridgehead atoms. The van der Waals surface area contributed by atoms with Crippen LogP contribution in [-0.2, 0) is 21.3 Å². The van der Waals surface area contributed by atoms with Gasteiger partial charge in [0.25, 0.3) is 0 Å². The second kappa shape index (κ2) is 13.5. The van der Waals surface area contributed by atoms with Gasteiger partial charge in [-0.3, -0.25) is 9.59 Å². The molecule has 2 saturated heterocycles. The number of rotatable bonds is 9. The number of likely N-dealkylation sites (tertiary alicyclic amines) is 1. The largest absolute Gasteiger partial charge is 0.461 e. The van der Waals surface area contributed by atoms with Crippen molar-refractivity contribution in [3.63, 3.8) is 0 Å². The van der Waals surface area contributed by atoms with Gasteiger partial charge in [-0.2, -0.15) is 5.26 Å². The number of hydrogen-bond acceptors (Lipinski definition) is 12. The highest BCUT2D eigenvalue weighted by molar-refractivity contribution is 6.20. The first-order valence-electron chi connectivity index (χ1n) is 17.2. The Morgan fingerprint density at radius 2 is 1.92 bits per heavy atom. The van der Waals surface area contributed by atoms with Gasteiger partial charge in [0, 0.05) is 80.9 Å². The number of anilines is 2. The minimum atomic E-state index is -0.875. The molecule has 270 valence electrons. The van der Waals surface area contributed by atoms with Crippen LogP contribution in [0.3, 0.4) is 0 Å². The first-order chi connectivity index (χ1) is 24.9. The summed E-state index contributed by atoms with van der Waals surface area (Å²) in [6.07, 6.45) is 5.67. The van der Waals surface area contributed by atoms with Crippen molar-refractivity contribution in [2.75, 3.05) is 57.2 Å². The molecule has 0 aliphatic carbocycles. The van der Waals surface area contributed by atoms with Gasteiger partial charge >= 0.3 is 11.9 Å². The molecule has 0 amide bonds. The maximum absolute atomic E-state index is 15.5. The predicted molar refractivity (Wildman–Crippen MR) is 195 cm³/mol. The normalized spacial score (nSPS) is 17.9. The van der Waals surface area contributed by atoms with Crippen LogP contribution >= 0.6 is 0 Å². The van der Waals surface area contributed by atoms with Crippen LogP contribution in [0.1, 0.15) is 36.2 Å². The number of halogens is 1. The number of benzene rings is 1. The lowest BCUT2D eigenvalue weighted by Gasteiger charge is -2.29. The average molecular weight is 710 g/mol. The number of nitrogens with one attached hydrogen (secondary N) is 2. The van der Waals surface area contributed by atoms with Crippen molar-refractivity contribution in [2.45, 2.75) is 32.4 Å². The summed E-state index contributed by atoms with van der Waals surface area (Å²) >= 11 is 0. The van der Waals surface area contributed by atoms with Crippen LogP contribution in [0.15, 0.2) is 35.5 Å². The number of aromatic amines is 1. The molecule has 1 aromatic carbocycles. The number of aromatic nitrogens is 4. The van der Waals surface area contributed by atoms with Gasteiger partial charge in [-0.15, -0.1) is 0 Å². The number of nitrogens with zero attached hydrogens (tertiary/aromatic N) is 6. The zero-order valence-corrected chi connectivity index (χ0v) is 29.6. The molecule has 0 saturated carbocycles.